The number of hydrogen-bond donors (Lipinski definition) is 0. The highest BCUT2D eigenvalue weighted by Crippen LogP contribution is 2.36. The van der Waals surface area contributed by atoms with Gasteiger partial charge in [0.2, 0.25) is 0 Å². The average molecular weight is 444 g/mol. The van der Waals surface area contributed by atoms with Crippen molar-refractivity contribution in [3.8, 4) is 23.0 Å². The molecule has 0 saturated carbocycles. The molecule has 3 aromatic carbocycles. The first kappa shape index (κ1) is 21.8. The average Bonchev–Trinajstić information content (AvgIpc) is 2.68. The normalized spacial score (nSPS) is 11.5. The van der Waals surface area contributed by atoms with Crippen LogP contribution in [0.2, 0.25) is 0 Å². The summed E-state index contributed by atoms with van der Waals surface area (Å²) in [5.74, 6) is 1.67. The molecule has 0 aliphatic carbocycles. The molecule has 0 N–H and O–H groups in total. The van der Waals surface area contributed by atoms with Crippen molar-refractivity contribution < 1.29 is 27.2 Å². The maximum atomic E-state index is 12.1. The van der Waals surface area contributed by atoms with Crippen LogP contribution < -0.4 is 18.1 Å². The minimum atomic E-state index is -2.40. The van der Waals surface area contributed by atoms with Crippen LogP contribution in [0, 0.1) is 27.7 Å². The van der Waals surface area contributed by atoms with Gasteiger partial charge in [0.1, 0.15) is 0 Å². The Kier molecular flexibility index (Phi) is 7.04. The van der Waals surface area contributed by atoms with Gasteiger partial charge in [-0.25, -0.2) is 18.1 Å². The second-order valence-corrected chi connectivity index (χ2v) is 8.45. The van der Waals surface area contributed by atoms with E-state index in [1.807, 2.05) is 52.0 Å². The summed E-state index contributed by atoms with van der Waals surface area (Å²) >= 11 is 0. The van der Waals surface area contributed by atoms with Gasteiger partial charge in [0.15, 0.2) is 23.0 Å². The molecule has 0 spiro atoms. The third-order valence-electron chi connectivity index (χ3n) is 4.19. The topological polar surface area (TPSA) is 71.1 Å². The largest absolute Gasteiger partial charge is 0.805 e. The van der Waals surface area contributed by atoms with E-state index < -0.39 is 16.5 Å². The minimum Gasteiger partial charge on any atom is -0.222 e. The SMILES string of the molecule is Cc1ccc(O[P+](=O)Oc2ccc(O[P+](=O)Oc3ccc(C)cc3C)cc2)c(C)c1. The van der Waals surface area contributed by atoms with Crippen LogP contribution in [0.25, 0.3) is 0 Å². The molecular weight excluding hydrogens is 422 g/mol. The molecular formula is C22H22O6P2+2. The lowest BCUT2D eigenvalue weighted by Crippen LogP contribution is -1.93. The van der Waals surface area contributed by atoms with Crippen molar-refractivity contribution in [2.24, 2.45) is 0 Å². The van der Waals surface area contributed by atoms with Gasteiger partial charge < -0.3 is 0 Å². The Bertz CT molecular complexity index is 993. The Morgan fingerprint density at radius 1 is 0.533 bits per heavy atom. The second kappa shape index (κ2) is 9.71. The van der Waals surface area contributed by atoms with Gasteiger partial charge in [-0.15, -0.1) is 0 Å². The zero-order chi connectivity index (χ0) is 21.7. The van der Waals surface area contributed by atoms with E-state index in [0.717, 1.165) is 22.3 Å². The molecule has 0 aliphatic rings. The molecule has 3 rings (SSSR count). The van der Waals surface area contributed by atoms with Crippen LogP contribution >= 0.6 is 16.5 Å². The lowest BCUT2D eigenvalue weighted by atomic mass is 10.1. The molecule has 0 bridgehead atoms. The first-order valence-corrected chi connectivity index (χ1v) is 11.4. The molecule has 0 fully saturated rings. The smallest absolute Gasteiger partial charge is 0.222 e. The van der Waals surface area contributed by atoms with E-state index in [1.165, 1.54) is 0 Å². The fraction of sp³-hybridized carbons (Fsp3) is 0.182. The van der Waals surface area contributed by atoms with Gasteiger partial charge in [-0.05, 0) is 75.2 Å². The maximum absolute atomic E-state index is 12.1. The lowest BCUT2D eigenvalue weighted by Gasteiger charge is -2.01. The molecule has 0 aliphatic heterocycles. The van der Waals surface area contributed by atoms with Crippen LogP contribution in [0.3, 0.4) is 0 Å². The monoisotopic (exact) mass is 444 g/mol. The van der Waals surface area contributed by atoms with Crippen molar-refractivity contribution in [3.05, 3.63) is 82.9 Å². The summed E-state index contributed by atoms with van der Waals surface area (Å²) in [7, 11) is -4.80. The molecule has 0 saturated heterocycles. The van der Waals surface area contributed by atoms with E-state index in [0.29, 0.717) is 23.0 Å². The van der Waals surface area contributed by atoms with Gasteiger partial charge in [-0.3, -0.25) is 0 Å². The molecule has 8 heteroatoms. The molecule has 2 atom stereocenters. The third kappa shape index (κ3) is 6.03. The molecule has 6 nitrogen and oxygen atoms in total. The van der Waals surface area contributed by atoms with Crippen molar-refractivity contribution in [1.82, 2.24) is 0 Å². The van der Waals surface area contributed by atoms with Crippen LogP contribution in [-0.4, -0.2) is 0 Å². The Balaban J connectivity index is 1.55. The summed E-state index contributed by atoms with van der Waals surface area (Å²) in [6, 6.07) is 17.3. The molecule has 0 amide bonds. The summed E-state index contributed by atoms with van der Waals surface area (Å²) in [6.45, 7) is 7.69. The zero-order valence-electron chi connectivity index (χ0n) is 17.1. The third-order valence-corrected chi connectivity index (χ3v) is 5.60. The fourth-order valence-corrected chi connectivity index (χ4v) is 4.13. The minimum absolute atomic E-state index is 0.332. The van der Waals surface area contributed by atoms with E-state index in [2.05, 4.69) is 0 Å². The predicted octanol–water partition coefficient (Wildman–Crippen LogP) is 7.15. The van der Waals surface area contributed by atoms with Gasteiger partial charge in [0.25, 0.3) is 0 Å². The highest BCUT2D eigenvalue weighted by molar-refractivity contribution is 7.34. The Morgan fingerprint density at radius 3 is 1.23 bits per heavy atom. The first-order chi connectivity index (χ1) is 14.3. The zero-order valence-corrected chi connectivity index (χ0v) is 18.9. The molecule has 2 unspecified atom stereocenters. The Labute approximate surface area is 177 Å². The number of aryl methyl sites for hydroxylation is 4. The highest BCUT2D eigenvalue weighted by Gasteiger charge is 2.27. The van der Waals surface area contributed by atoms with Crippen LogP contribution in [0.1, 0.15) is 22.3 Å². The van der Waals surface area contributed by atoms with Gasteiger partial charge in [-0.2, -0.15) is 0 Å². The summed E-state index contributed by atoms with van der Waals surface area (Å²) in [5, 5.41) is 0. The highest BCUT2D eigenvalue weighted by atomic mass is 31.1. The van der Waals surface area contributed by atoms with E-state index in [1.54, 1.807) is 36.4 Å². The van der Waals surface area contributed by atoms with Crippen molar-refractivity contribution in [1.29, 1.82) is 0 Å². The van der Waals surface area contributed by atoms with Gasteiger partial charge >= 0.3 is 16.5 Å². The number of rotatable bonds is 8. The Hall–Kier alpha value is -2.94. The van der Waals surface area contributed by atoms with E-state index in [9.17, 15) is 9.13 Å². The molecule has 30 heavy (non-hydrogen) atoms. The van der Waals surface area contributed by atoms with Crippen molar-refractivity contribution in [2.75, 3.05) is 0 Å². The first-order valence-electron chi connectivity index (χ1n) is 9.21. The van der Waals surface area contributed by atoms with Gasteiger partial charge in [-0.1, -0.05) is 35.4 Å². The predicted molar refractivity (Wildman–Crippen MR) is 116 cm³/mol. The molecule has 3 aromatic rings. The van der Waals surface area contributed by atoms with Crippen LogP contribution in [-0.2, 0) is 9.13 Å². The van der Waals surface area contributed by atoms with E-state index in [4.69, 9.17) is 18.1 Å². The lowest BCUT2D eigenvalue weighted by molar-refractivity contribution is 0.409. The number of benzene rings is 3. The van der Waals surface area contributed by atoms with Gasteiger partial charge in [0.05, 0.1) is 0 Å². The van der Waals surface area contributed by atoms with Crippen molar-refractivity contribution in [3.63, 3.8) is 0 Å². The van der Waals surface area contributed by atoms with E-state index in [-0.39, 0.29) is 0 Å². The fourth-order valence-electron chi connectivity index (χ4n) is 2.73. The standard InChI is InChI=1S/C22H22O6P2/c1-15-5-11-21(17(3)13-15)27-29(23)25-19-7-9-20(10-8-19)26-30(24)28-22-12-6-16(2)14-18(22)4/h5-14H,1-4H3/q+2. The van der Waals surface area contributed by atoms with Crippen LogP contribution in [0.4, 0.5) is 0 Å². The molecule has 154 valence electrons. The van der Waals surface area contributed by atoms with Gasteiger partial charge in [0, 0.05) is 9.13 Å². The summed E-state index contributed by atoms with van der Waals surface area (Å²) in [6.07, 6.45) is 0. The summed E-state index contributed by atoms with van der Waals surface area (Å²) in [5.41, 5.74) is 3.93. The maximum Gasteiger partial charge on any atom is 0.805 e. The van der Waals surface area contributed by atoms with Crippen molar-refractivity contribution in [2.45, 2.75) is 27.7 Å². The van der Waals surface area contributed by atoms with Crippen LogP contribution in [0.5, 0.6) is 23.0 Å². The van der Waals surface area contributed by atoms with Crippen molar-refractivity contribution >= 4 is 16.5 Å². The van der Waals surface area contributed by atoms with Crippen LogP contribution in [0.15, 0.2) is 60.7 Å². The number of hydrogen-bond acceptors (Lipinski definition) is 6. The molecule has 0 aromatic heterocycles. The molecule has 0 radical (unpaired) electrons. The second-order valence-electron chi connectivity index (χ2n) is 6.82. The quantitative estimate of drug-likeness (QED) is 0.344. The summed E-state index contributed by atoms with van der Waals surface area (Å²) in [4.78, 5) is 0. The Morgan fingerprint density at radius 2 is 0.900 bits per heavy atom. The molecule has 0 heterocycles. The van der Waals surface area contributed by atoms with E-state index >= 15 is 0 Å². The summed E-state index contributed by atoms with van der Waals surface area (Å²) < 4.78 is 45.7.